The Morgan fingerprint density at radius 1 is 1.06 bits per heavy atom. The average molecular weight is 547 g/mol. The third kappa shape index (κ3) is 6.60. The van der Waals surface area contributed by atoms with Crippen LogP contribution in [0.4, 0.5) is 11.4 Å². The first kappa shape index (κ1) is 24.4. The van der Waals surface area contributed by atoms with Crippen molar-refractivity contribution in [2.24, 2.45) is 10.9 Å². The number of carbonyl (C=O) groups is 1. The van der Waals surface area contributed by atoms with Crippen molar-refractivity contribution in [2.75, 3.05) is 30.4 Å². The summed E-state index contributed by atoms with van der Waals surface area (Å²) in [6, 6.07) is 19.0. The normalized spacial score (nSPS) is 18.8. The quantitative estimate of drug-likeness (QED) is 0.286. The van der Waals surface area contributed by atoms with E-state index >= 15 is 0 Å². The number of nitrogens with zero attached hydrogens (tertiary/aromatic N) is 2. The molecule has 7 heteroatoms. The highest BCUT2D eigenvalue weighted by Crippen LogP contribution is 2.26. The van der Waals surface area contributed by atoms with Gasteiger partial charge >= 0.3 is 0 Å². The monoisotopic (exact) mass is 547 g/mol. The molecule has 2 aliphatic rings. The lowest BCUT2D eigenvalue weighted by molar-refractivity contribution is -0.119. The van der Waals surface area contributed by atoms with E-state index in [0.29, 0.717) is 12.6 Å². The Labute approximate surface area is 208 Å². The predicted molar refractivity (Wildman–Crippen MR) is 143 cm³/mol. The zero-order valence-corrected chi connectivity index (χ0v) is 21.0. The molecule has 0 bridgehead atoms. The summed E-state index contributed by atoms with van der Waals surface area (Å²) in [5.41, 5.74) is 3.25. The Kier molecular flexibility index (Phi) is 9.20. The van der Waals surface area contributed by atoms with Gasteiger partial charge in [0.25, 0.3) is 0 Å². The van der Waals surface area contributed by atoms with Gasteiger partial charge in [0.2, 0.25) is 5.91 Å². The molecule has 6 nitrogen and oxygen atoms in total. The maximum Gasteiger partial charge on any atom is 0.227 e. The highest BCUT2D eigenvalue weighted by molar-refractivity contribution is 14.0. The van der Waals surface area contributed by atoms with Gasteiger partial charge in [0.05, 0.1) is 0 Å². The van der Waals surface area contributed by atoms with Crippen LogP contribution in [0.15, 0.2) is 59.6 Å². The fourth-order valence-electron chi connectivity index (χ4n) is 4.52. The van der Waals surface area contributed by atoms with Gasteiger partial charge in [-0.3, -0.25) is 9.79 Å². The van der Waals surface area contributed by atoms with Crippen molar-refractivity contribution < 1.29 is 4.79 Å². The van der Waals surface area contributed by atoms with Gasteiger partial charge in [-0.15, -0.1) is 24.0 Å². The molecule has 1 aliphatic heterocycles. The Bertz CT molecular complexity index is 898. The summed E-state index contributed by atoms with van der Waals surface area (Å²) in [6.45, 7) is 2.66. The molecule has 172 valence electrons. The zero-order chi connectivity index (χ0) is 21.5. The minimum Gasteiger partial charge on any atom is -0.369 e. The number of benzene rings is 2. The molecule has 2 aromatic rings. The molecule has 0 radical (unpaired) electrons. The van der Waals surface area contributed by atoms with Crippen LogP contribution in [0.25, 0.3) is 0 Å². The third-order valence-electron chi connectivity index (χ3n) is 6.25. The van der Waals surface area contributed by atoms with Crippen LogP contribution in [-0.2, 0) is 11.3 Å². The van der Waals surface area contributed by atoms with E-state index in [2.05, 4.69) is 62.2 Å². The number of hydrogen-bond donors (Lipinski definition) is 3. The van der Waals surface area contributed by atoms with Gasteiger partial charge in [-0.1, -0.05) is 43.2 Å². The summed E-state index contributed by atoms with van der Waals surface area (Å²) < 4.78 is 0. The molecule has 2 fully saturated rings. The summed E-state index contributed by atoms with van der Waals surface area (Å²) in [6.07, 6.45) is 5.44. The average Bonchev–Trinajstić information content (AvgIpc) is 3.50. The van der Waals surface area contributed by atoms with Gasteiger partial charge in [-0.05, 0) is 49.1 Å². The largest absolute Gasteiger partial charge is 0.369 e. The van der Waals surface area contributed by atoms with E-state index in [1.807, 2.05) is 18.2 Å². The number of halogens is 1. The van der Waals surface area contributed by atoms with Crippen molar-refractivity contribution in [1.82, 2.24) is 10.6 Å². The second-order valence-corrected chi connectivity index (χ2v) is 8.51. The lowest BCUT2D eigenvalue weighted by Crippen LogP contribution is -2.44. The molecule has 0 spiro atoms. The molecular formula is C25H34IN5O. The molecule has 32 heavy (non-hydrogen) atoms. The number of anilines is 2. The maximum atomic E-state index is 12.4. The van der Waals surface area contributed by atoms with Crippen LogP contribution in [0.3, 0.4) is 0 Å². The van der Waals surface area contributed by atoms with Crippen LogP contribution in [0.5, 0.6) is 0 Å². The summed E-state index contributed by atoms with van der Waals surface area (Å²) in [7, 11) is 1.80. The van der Waals surface area contributed by atoms with Gasteiger partial charge in [0, 0.05) is 50.0 Å². The molecule has 1 saturated heterocycles. The van der Waals surface area contributed by atoms with Crippen molar-refractivity contribution in [3.63, 3.8) is 0 Å². The van der Waals surface area contributed by atoms with Crippen LogP contribution in [0.1, 0.15) is 37.7 Å². The van der Waals surface area contributed by atoms with E-state index in [1.165, 1.54) is 5.69 Å². The number of para-hydroxylation sites is 1. The highest BCUT2D eigenvalue weighted by Gasteiger charge is 2.24. The van der Waals surface area contributed by atoms with E-state index in [-0.39, 0.29) is 35.8 Å². The van der Waals surface area contributed by atoms with E-state index in [4.69, 9.17) is 0 Å². The number of hydrogen-bond acceptors (Lipinski definition) is 3. The van der Waals surface area contributed by atoms with E-state index < -0.39 is 0 Å². The van der Waals surface area contributed by atoms with Crippen LogP contribution >= 0.6 is 24.0 Å². The number of amides is 1. The smallest absolute Gasteiger partial charge is 0.227 e. The van der Waals surface area contributed by atoms with Crippen LogP contribution < -0.4 is 20.9 Å². The maximum absolute atomic E-state index is 12.4. The van der Waals surface area contributed by atoms with Crippen LogP contribution in [-0.4, -0.2) is 38.0 Å². The molecule has 4 rings (SSSR count). The fraction of sp³-hybridized carbons (Fsp3) is 0.440. The first-order valence-electron chi connectivity index (χ1n) is 11.4. The fourth-order valence-corrected chi connectivity index (χ4v) is 4.52. The predicted octanol–water partition coefficient (Wildman–Crippen LogP) is 4.38. The second kappa shape index (κ2) is 12.1. The molecular weight excluding hydrogens is 513 g/mol. The summed E-state index contributed by atoms with van der Waals surface area (Å²) in [5, 5.41) is 10.0. The Balaban J connectivity index is 0.00000289. The lowest BCUT2D eigenvalue weighted by atomic mass is 10.1. The molecule has 1 atom stereocenters. The molecule has 1 aliphatic carbocycles. The van der Waals surface area contributed by atoms with Crippen molar-refractivity contribution in [1.29, 1.82) is 0 Å². The van der Waals surface area contributed by atoms with Gasteiger partial charge in [-0.25, -0.2) is 0 Å². The molecule has 1 unspecified atom stereocenters. The minimum absolute atomic E-state index is 0. The summed E-state index contributed by atoms with van der Waals surface area (Å²) >= 11 is 0. The Morgan fingerprint density at radius 2 is 1.84 bits per heavy atom. The second-order valence-electron chi connectivity index (χ2n) is 8.51. The Hall–Kier alpha value is -2.29. The number of rotatable bonds is 6. The standard InChI is InChI=1S/C25H33N5O.HI/c1-26-25(29-22-14-15-30(18-22)23-12-3-2-4-13-23)27-17-19-8-7-11-21(16-19)28-24(31)20-9-5-6-10-20;/h2-4,7-8,11-13,16,20,22H,5-6,9-10,14-15,17-18H2,1H3,(H,28,31)(H2,26,27,29);1H. The molecule has 2 aromatic carbocycles. The topological polar surface area (TPSA) is 68.8 Å². The number of aliphatic imine (C=N–C) groups is 1. The third-order valence-corrected chi connectivity index (χ3v) is 6.25. The van der Waals surface area contributed by atoms with Gasteiger partial charge in [-0.2, -0.15) is 0 Å². The molecule has 0 aromatic heterocycles. The van der Waals surface area contributed by atoms with Crippen molar-refractivity contribution >= 4 is 47.2 Å². The first-order chi connectivity index (χ1) is 15.2. The summed E-state index contributed by atoms with van der Waals surface area (Å²) in [5.74, 6) is 1.14. The van der Waals surface area contributed by atoms with E-state index in [1.54, 1.807) is 7.05 Å². The minimum atomic E-state index is 0. The SMILES string of the molecule is CN=C(NCc1cccc(NC(=O)C2CCCC2)c1)NC1CCN(c2ccccc2)C1.I. The summed E-state index contributed by atoms with van der Waals surface area (Å²) in [4.78, 5) is 19.2. The van der Waals surface area contributed by atoms with Crippen molar-refractivity contribution in [2.45, 2.75) is 44.7 Å². The molecule has 3 N–H and O–H groups in total. The number of guanidine groups is 1. The highest BCUT2D eigenvalue weighted by atomic mass is 127. The molecule has 1 saturated carbocycles. The van der Waals surface area contributed by atoms with Gasteiger partial charge in [0.1, 0.15) is 0 Å². The molecule has 1 amide bonds. The van der Waals surface area contributed by atoms with Crippen molar-refractivity contribution in [3.8, 4) is 0 Å². The van der Waals surface area contributed by atoms with Crippen LogP contribution in [0.2, 0.25) is 0 Å². The first-order valence-corrected chi connectivity index (χ1v) is 11.4. The van der Waals surface area contributed by atoms with Gasteiger partial charge in [0.15, 0.2) is 5.96 Å². The van der Waals surface area contributed by atoms with Gasteiger partial charge < -0.3 is 20.9 Å². The van der Waals surface area contributed by atoms with E-state index in [9.17, 15) is 4.79 Å². The Morgan fingerprint density at radius 3 is 2.59 bits per heavy atom. The molecule has 1 heterocycles. The number of nitrogens with one attached hydrogen (secondary N) is 3. The lowest BCUT2D eigenvalue weighted by Gasteiger charge is -2.20. The number of carbonyl (C=O) groups excluding carboxylic acids is 1. The zero-order valence-electron chi connectivity index (χ0n) is 18.7. The van der Waals surface area contributed by atoms with Crippen LogP contribution in [0, 0.1) is 5.92 Å². The van der Waals surface area contributed by atoms with Crippen molar-refractivity contribution in [3.05, 3.63) is 60.2 Å². The van der Waals surface area contributed by atoms with E-state index in [0.717, 1.165) is 62.4 Å².